The molecule has 6 heteroatoms. The molecule has 0 aliphatic rings. The summed E-state index contributed by atoms with van der Waals surface area (Å²) in [5.41, 5.74) is 9.31. The third kappa shape index (κ3) is 3.30. The van der Waals surface area contributed by atoms with Crippen LogP contribution in [0.3, 0.4) is 0 Å². The molecule has 1 aromatic heterocycles. The van der Waals surface area contributed by atoms with Crippen LogP contribution in [-0.2, 0) is 6.18 Å². The molecule has 0 amide bonds. The van der Waals surface area contributed by atoms with Crippen LogP contribution in [0.15, 0.2) is 66.9 Å². The zero-order chi connectivity index (χ0) is 21.5. The summed E-state index contributed by atoms with van der Waals surface area (Å²) >= 11 is 0. The van der Waals surface area contributed by atoms with E-state index < -0.39 is 11.7 Å². The minimum Gasteiger partial charge on any atom is -0.398 e. The van der Waals surface area contributed by atoms with Crippen LogP contribution in [0.1, 0.15) is 21.5 Å². The molecule has 0 fully saturated rings. The quantitative estimate of drug-likeness (QED) is 0.321. The van der Waals surface area contributed by atoms with Crippen LogP contribution in [0.2, 0.25) is 0 Å². The number of anilines is 1. The molecule has 0 bridgehead atoms. The first-order valence-electron chi connectivity index (χ1n) is 9.21. The number of pyridine rings is 1. The Morgan fingerprint density at radius 1 is 0.967 bits per heavy atom. The highest BCUT2D eigenvalue weighted by Crippen LogP contribution is 2.42. The average molecular weight is 406 g/mol. The maximum Gasteiger partial charge on any atom is 0.418 e. The van der Waals surface area contributed by atoms with Gasteiger partial charge in [0, 0.05) is 34.0 Å². The van der Waals surface area contributed by atoms with Crippen molar-refractivity contribution in [1.82, 2.24) is 4.98 Å². The standard InChI is InChI=1S/C24H17F3N2O/c1-14-9-10-15(11-21(14)28)22-18-7-4-8-20(24(25,26)27)23(18)29-12-19(22)17-6-3-2-5-16(17)13-30/h2-13H,28H2,1H3. The summed E-state index contributed by atoms with van der Waals surface area (Å²) in [6.07, 6.45) is -2.43. The maximum absolute atomic E-state index is 13.6. The van der Waals surface area contributed by atoms with Gasteiger partial charge in [-0.1, -0.05) is 48.5 Å². The molecule has 0 spiro atoms. The Hall–Kier alpha value is -3.67. The van der Waals surface area contributed by atoms with E-state index in [1.54, 1.807) is 36.4 Å². The first-order chi connectivity index (χ1) is 14.3. The fourth-order valence-electron chi connectivity index (χ4n) is 3.61. The number of halogens is 3. The molecule has 4 rings (SSSR count). The zero-order valence-electron chi connectivity index (χ0n) is 16.0. The van der Waals surface area contributed by atoms with E-state index in [1.165, 1.54) is 12.3 Å². The molecule has 3 nitrogen and oxygen atoms in total. The Labute approximate surface area is 171 Å². The third-order valence-corrected chi connectivity index (χ3v) is 5.15. The fourth-order valence-corrected chi connectivity index (χ4v) is 3.61. The van der Waals surface area contributed by atoms with Crippen LogP contribution in [0.25, 0.3) is 33.2 Å². The van der Waals surface area contributed by atoms with Crippen LogP contribution in [0.4, 0.5) is 18.9 Å². The van der Waals surface area contributed by atoms with Gasteiger partial charge in [0.05, 0.1) is 11.1 Å². The molecule has 0 unspecified atom stereocenters. The predicted octanol–water partition coefficient (Wildman–Crippen LogP) is 6.29. The predicted molar refractivity (Wildman–Crippen MR) is 112 cm³/mol. The molecular weight excluding hydrogens is 389 g/mol. The van der Waals surface area contributed by atoms with E-state index in [-0.39, 0.29) is 5.52 Å². The number of hydrogen-bond acceptors (Lipinski definition) is 3. The summed E-state index contributed by atoms with van der Waals surface area (Å²) in [5.74, 6) is 0. The summed E-state index contributed by atoms with van der Waals surface area (Å²) in [4.78, 5) is 15.8. The smallest absolute Gasteiger partial charge is 0.398 e. The number of carbonyl (C=O) groups is 1. The molecule has 4 aromatic rings. The molecule has 3 aromatic carbocycles. The number of hydrogen-bond donors (Lipinski definition) is 1. The van der Waals surface area contributed by atoms with Gasteiger partial charge in [0.15, 0.2) is 6.29 Å². The van der Waals surface area contributed by atoms with E-state index in [9.17, 15) is 18.0 Å². The molecule has 150 valence electrons. The van der Waals surface area contributed by atoms with E-state index in [1.807, 2.05) is 19.1 Å². The molecule has 0 radical (unpaired) electrons. The van der Waals surface area contributed by atoms with Crippen molar-refractivity contribution in [3.8, 4) is 22.3 Å². The first kappa shape index (κ1) is 19.6. The van der Waals surface area contributed by atoms with Gasteiger partial charge in [0.2, 0.25) is 0 Å². The lowest BCUT2D eigenvalue weighted by Gasteiger charge is -2.17. The number of alkyl halides is 3. The van der Waals surface area contributed by atoms with Gasteiger partial charge in [0.1, 0.15) is 0 Å². The molecule has 30 heavy (non-hydrogen) atoms. The average Bonchev–Trinajstić information content (AvgIpc) is 2.73. The van der Waals surface area contributed by atoms with E-state index in [0.29, 0.717) is 38.9 Å². The molecule has 0 atom stereocenters. The second-order valence-corrected chi connectivity index (χ2v) is 7.02. The van der Waals surface area contributed by atoms with E-state index in [4.69, 9.17) is 5.73 Å². The third-order valence-electron chi connectivity index (χ3n) is 5.15. The van der Waals surface area contributed by atoms with Gasteiger partial charge in [-0.25, -0.2) is 0 Å². The number of aldehydes is 1. The lowest BCUT2D eigenvalue weighted by atomic mass is 9.89. The summed E-state index contributed by atoms with van der Waals surface area (Å²) < 4.78 is 40.8. The number of fused-ring (bicyclic) bond motifs is 1. The minimum absolute atomic E-state index is 0.147. The summed E-state index contributed by atoms with van der Waals surface area (Å²) in [6.45, 7) is 1.86. The number of carbonyl (C=O) groups excluding carboxylic acids is 1. The van der Waals surface area contributed by atoms with Crippen molar-refractivity contribution in [2.24, 2.45) is 0 Å². The van der Waals surface area contributed by atoms with Crippen LogP contribution < -0.4 is 5.73 Å². The highest BCUT2D eigenvalue weighted by molar-refractivity contribution is 6.05. The number of aromatic nitrogens is 1. The highest BCUT2D eigenvalue weighted by Gasteiger charge is 2.33. The van der Waals surface area contributed by atoms with Gasteiger partial charge in [-0.2, -0.15) is 13.2 Å². The Morgan fingerprint density at radius 2 is 1.73 bits per heavy atom. The number of aryl methyl sites for hydroxylation is 1. The highest BCUT2D eigenvalue weighted by atomic mass is 19.4. The number of nitrogens with two attached hydrogens (primary N) is 1. The molecule has 1 heterocycles. The van der Waals surface area contributed by atoms with E-state index in [0.717, 1.165) is 17.9 Å². The second kappa shape index (κ2) is 7.30. The summed E-state index contributed by atoms with van der Waals surface area (Å²) in [6, 6.07) is 16.3. The van der Waals surface area contributed by atoms with Crippen molar-refractivity contribution in [2.45, 2.75) is 13.1 Å². The topological polar surface area (TPSA) is 56.0 Å². The van der Waals surface area contributed by atoms with Crippen molar-refractivity contribution in [2.75, 3.05) is 5.73 Å². The summed E-state index contributed by atoms with van der Waals surface area (Å²) in [5, 5.41) is 0.339. The van der Waals surface area contributed by atoms with Gasteiger partial charge >= 0.3 is 6.18 Å². The Morgan fingerprint density at radius 3 is 2.43 bits per heavy atom. The molecule has 0 saturated heterocycles. The van der Waals surface area contributed by atoms with Crippen LogP contribution in [-0.4, -0.2) is 11.3 Å². The number of nitrogen functional groups attached to an aromatic ring is 1. The Bertz CT molecular complexity index is 1280. The Kier molecular flexibility index (Phi) is 4.78. The van der Waals surface area contributed by atoms with Crippen molar-refractivity contribution in [3.05, 3.63) is 83.6 Å². The van der Waals surface area contributed by atoms with Crippen molar-refractivity contribution in [3.63, 3.8) is 0 Å². The lowest BCUT2D eigenvalue weighted by molar-refractivity contribution is -0.136. The van der Waals surface area contributed by atoms with E-state index in [2.05, 4.69) is 4.98 Å². The largest absolute Gasteiger partial charge is 0.418 e. The van der Waals surface area contributed by atoms with Crippen LogP contribution in [0, 0.1) is 6.92 Å². The number of benzene rings is 3. The van der Waals surface area contributed by atoms with Gasteiger partial charge in [-0.15, -0.1) is 0 Å². The summed E-state index contributed by atoms with van der Waals surface area (Å²) in [7, 11) is 0. The molecule has 2 N–H and O–H groups in total. The number of nitrogens with zero attached hydrogens (tertiary/aromatic N) is 1. The second-order valence-electron chi connectivity index (χ2n) is 7.02. The van der Waals surface area contributed by atoms with Gasteiger partial charge in [-0.05, 0) is 35.7 Å². The number of rotatable bonds is 3. The minimum atomic E-state index is -4.54. The van der Waals surface area contributed by atoms with Crippen molar-refractivity contribution < 1.29 is 18.0 Å². The lowest BCUT2D eigenvalue weighted by Crippen LogP contribution is -2.07. The molecule has 0 saturated carbocycles. The van der Waals surface area contributed by atoms with Gasteiger partial charge in [0.25, 0.3) is 0 Å². The van der Waals surface area contributed by atoms with Crippen LogP contribution in [0.5, 0.6) is 0 Å². The van der Waals surface area contributed by atoms with Crippen LogP contribution >= 0.6 is 0 Å². The molecule has 0 aliphatic heterocycles. The molecular formula is C24H17F3N2O. The SMILES string of the molecule is Cc1ccc(-c2c(-c3ccccc3C=O)cnc3c(C(F)(F)F)cccc23)cc1N. The van der Waals surface area contributed by atoms with Crippen molar-refractivity contribution in [1.29, 1.82) is 0 Å². The number of para-hydroxylation sites is 1. The normalized spacial score (nSPS) is 11.6. The monoisotopic (exact) mass is 406 g/mol. The van der Waals surface area contributed by atoms with Gasteiger partial charge < -0.3 is 5.73 Å². The Balaban J connectivity index is 2.15. The maximum atomic E-state index is 13.6. The first-order valence-corrected chi connectivity index (χ1v) is 9.21. The fraction of sp³-hybridized carbons (Fsp3) is 0.0833. The van der Waals surface area contributed by atoms with E-state index >= 15 is 0 Å². The zero-order valence-corrected chi connectivity index (χ0v) is 16.0. The molecule has 0 aliphatic carbocycles. The van der Waals surface area contributed by atoms with Gasteiger partial charge in [-0.3, -0.25) is 9.78 Å². The van der Waals surface area contributed by atoms with Crippen molar-refractivity contribution >= 4 is 22.9 Å².